The van der Waals surface area contributed by atoms with Gasteiger partial charge in [-0.05, 0) is 42.5 Å². The fourth-order valence-corrected chi connectivity index (χ4v) is 2.67. The lowest BCUT2D eigenvalue weighted by Crippen LogP contribution is -2.11. The van der Waals surface area contributed by atoms with E-state index in [2.05, 4.69) is 21.2 Å². The molecule has 0 atom stereocenters. The zero-order chi connectivity index (χ0) is 15.0. The molecule has 3 aromatic rings. The van der Waals surface area contributed by atoms with Gasteiger partial charge in [0.1, 0.15) is 5.58 Å². The highest BCUT2D eigenvalue weighted by atomic mass is 79.9. The molecule has 0 unspecified atom stereocenters. The van der Waals surface area contributed by atoms with Crippen molar-refractivity contribution in [1.29, 1.82) is 0 Å². The normalized spacial score (nSPS) is 10.8. The molecule has 3 N–H and O–H groups in total. The summed E-state index contributed by atoms with van der Waals surface area (Å²) >= 11 is 9.38. The van der Waals surface area contributed by atoms with Crippen molar-refractivity contribution in [3.05, 3.63) is 57.7 Å². The number of rotatable bonds is 2. The Hall–Kier alpha value is -1.98. The molecule has 0 saturated heterocycles. The van der Waals surface area contributed by atoms with Gasteiger partial charge in [-0.3, -0.25) is 4.79 Å². The molecule has 4 nitrogen and oxygen atoms in total. The molecule has 1 heterocycles. The maximum absolute atomic E-state index is 12.2. The second-order valence-electron chi connectivity index (χ2n) is 4.49. The lowest BCUT2D eigenvalue weighted by Gasteiger charge is -2.05. The number of nitrogens with two attached hydrogens (primary N) is 1. The van der Waals surface area contributed by atoms with Crippen LogP contribution in [0.15, 0.2) is 51.4 Å². The van der Waals surface area contributed by atoms with Crippen LogP contribution in [0.5, 0.6) is 0 Å². The smallest absolute Gasteiger partial charge is 0.291 e. The minimum absolute atomic E-state index is 0.203. The molecule has 1 amide bonds. The monoisotopic (exact) mass is 364 g/mol. The average Bonchev–Trinajstić information content (AvgIpc) is 2.85. The topological polar surface area (TPSA) is 68.3 Å². The summed E-state index contributed by atoms with van der Waals surface area (Å²) in [5, 5.41) is 3.93. The Morgan fingerprint density at radius 2 is 2.00 bits per heavy atom. The van der Waals surface area contributed by atoms with Crippen molar-refractivity contribution in [2.75, 3.05) is 11.1 Å². The van der Waals surface area contributed by atoms with Crippen molar-refractivity contribution in [3.8, 4) is 0 Å². The van der Waals surface area contributed by atoms with Crippen molar-refractivity contribution in [2.24, 2.45) is 0 Å². The number of nitrogen functional groups attached to an aromatic ring is 1. The predicted molar refractivity (Wildman–Crippen MR) is 87.7 cm³/mol. The lowest BCUT2D eigenvalue weighted by atomic mass is 10.2. The Labute approximate surface area is 134 Å². The molecule has 0 bridgehead atoms. The maximum atomic E-state index is 12.2. The quantitative estimate of drug-likeness (QED) is 0.648. The van der Waals surface area contributed by atoms with Gasteiger partial charge < -0.3 is 15.5 Å². The number of nitrogens with one attached hydrogen (secondary N) is 1. The largest absolute Gasteiger partial charge is 0.451 e. The highest BCUT2D eigenvalue weighted by Crippen LogP contribution is 2.27. The number of amides is 1. The fourth-order valence-electron chi connectivity index (χ4n) is 1.95. The molecule has 1 aromatic heterocycles. The molecule has 6 heteroatoms. The van der Waals surface area contributed by atoms with Gasteiger partial charge in [0.25, 0.3) is 5.91 Å². The third-order valence-corrected chi connectivity index (χ3v) is 3.75. The summed E-state index contributed by atoms with van der Waals surface area (Å²) in [6, 6.07) is 12.1. The zero-order valence-electron chi connectivity index (χ0n) is 10.7. The van der Waals surface area contributed by atoms with E-state index in [1.54, 1.807) is 42.5 Å². The van der Waals surface area contributed by atoms with E-state index >= 15 is 0 Å². The van der Waals surface area contributed by atoms with E-state index in [1.807, 2.05) is 0 Å². The standard InChI is InChI=1S/C15H10BrClN2O2/c16-9-1-3-12(11(17)7-9)19-15(20)14-6-8-5-10(18)2-4-13(8)21-14/h1-7H,18H2,(H,19,20). The summed E-state index contributed by atoms with van der Waals surface area (Å²) in [6.45, 7) is 0. The van der Waals surface area contributed by atoms with Crippen LogP contribution in [-0.4, -0.2) is 5.91 Å². The van der Waals surface area contributed by atoms with Crippen LogP contribution >= 0.6 is 27.5 Å². The van der Waals surface area contributed by atoms with E-state index in [-0.39, 0.29) is 11.7 Å². The predicted octanol–water partition coefficient (Wildman–Crippen LogP) is 4.68. The molecule has 0 aliphatic heterocycles. The number of hydrogen-bond acceptors (Lipinski definition) is 3. The van der Waals surface area contributed by atoms with Crippen molar-refractivity contribution < 1.29 is 9.21 Å². The van der Waals surface area contributed by atoms with Gasteiger partial charge in [0.15, 0.2) is 5.76 Å². The van der Waals surface area contributed by atoms with E-state index in [4.69, 9.17) is 21.8 Å². The number of carbonyl (C=O) groups excluding carboxylic acids is 1. The molecule has 0 saturated carbocycles. The summed E-state index contributed by atoms with van der Waals surface area (Å²) in [5.41, 5.74) is 7.45. The highest BCUT2D eigenvalue weighted by Gasteiger charge is 2.14. The molecule has 0 fully saturated rings. The minimum atomic E-state index is -0.367. The SMILES string of the molecule is Nc1ccc2oc(C(=O)Nc3ccc(Br)cc3Cl)cc2c1. The van der Waals surface area contributed by atoms with E-state index in [9.17, 15) is 4.79 Å². The molecule has 3 rings (SSSR count). The average molecular weight is 366 g/mol. The summed E-state index contributed by atoms with van der Waals surface area (Å²) in [6.07, 6.45) is 0. The number of hydrogen-bond donors (Lipinski definition) is 2. The Morgan fingerprint density at radius 3 is 2.76 bits per heavy atom. The summed E-state index contributed by atoms with van der Waals surface area (Å²) in [7, 11) is 0. The van der Waals surface area contributed by atoms with Crippen LogP contribution in [0, 0.1) is 0 Å². The van der Waals surface area contributed by atoms with E-state index in [0.717, 1.165) is 9.86 Å². The van der Waals surface area contributed by atoms with Crippen molar-refractivity contribution in [3.63, 3.8) is 0 Å². The third kappa shape index (κ3) is 2.89. The number of furan rings is 1. The molecule has 0 aliphatic rings. The minimum Gasteiger partial charge on any atom is -0.451 e. The van der Waals surface area contributed by atoms with Gasteiger partial charge in [-0.15, -0.1) is 0 Å². The van der Waals surface area contributed by atoms with Gasteiger partial charge in [0.05, 0.1) is 10.7 Å². The summed E-state index contributed by atoms with van der Waals surface area (Å²) in [5.74, 6) is -0.163. The number of halogens is 2. The van der Waals surface area contributed by atoms with Crippen molar-refractivity contribution in [2.45, 2.75) is 0 Å². The number of carbonyl (C=O) groups is 1. The van der Waals surface area contributed by atoms with Gasteiger partial charge in [-0.1, -0.05) is 27.5 Å². The molecule has 21 heavy (non-hydrogen) atoms. The van der Waals surface area contributed by atoms with Crippen molar-refractivity contribution in [1.82, 2.24) is 0 Å². The van der Waals surface area contributed by atoms with Crippen LogP contribution in [0.4, 0.5) is 11.4 Å². The molecule has 0 aliphatic carbocycles. The third-order valence-electron chi connectivity index (χ3n) is 2.94. The van der Waals surface area contributed by atoms with Gasteiger partial charge in [-0.25, -0.2) is 0 Å². The van der Waals surface area contributed by atoms with Crippen LogP contribution in [0.2, 0.25) is 5.02 Å². The van der Waals surface area contributed by atoms with Gasteiger partial charge >= 0.3 is 0 Å². The molecule has 106 valence electrons. The Kier molecular flexibility index (Phi) is 3.61. The van der Waals surface area contributed by atoms with Crippen LogP contribution in [-0.2, 0) is 0 Å². The van der Waals surface area contributed by atoms with Crippen molar-refractivity contribution >= 4 is 55.8 Å². The van der Waals surface area contributed by atoms with Gasteiger partial charge in [0.2, 0.25) is 0 Å². The van der Waals surface area contributed by atoms with Crippen LogP contribution in [0.25, 0.3) is 11.0 Å². The number of benzene rings is 2. The maximum Gasteiger partial charge on any atom is 0.291 e. The summed E-state index contributed by atoms with van der Waals surface area (Å²) < 4.78 is 6.34. The van der Waals surface area contributed by atoms with E-state index in [0.29, 0.717) is 22.0 Å². The van der Waals surface area contributed by atoms with E-state index in [1.165, 1.54) is 0 Å². The fraction of sp³-hybridized carbons (Fsp3) is 0. The first kappa shape index (κ1) is 14.0. The second-order valence-corrected chi connectivity index (χ2v) is 5.81. The highest BCUT2D eigenvalue weighted by molar-refractivity contribution is 9.10. The van der Waals surface area contributed by atoms with Gasteiger partial charge in [-0.2, -0.15) is 0 Å². The second kappa shape index (κ2) is 5.42. The number of fused-ring (bicyclic) bond motifs is 1. The Bertz CT molecular complexity index is 845. The van der Waals surface area contributed by atoms with Gasteiger partial charge in [0, 0.05) is 15.5 Å². The molecular formula is C15H10BrClN2O2. The van der Waals surface area contributed by atoms with Crippen LogP contribution in [0.3, 0.4) is 0 Å². The first-order valence-corrected chi connectivity index (χ1v) is 7.25. The summed E-state index contributed by atoms with van der Waals surface area (Å²) in [4.78, 5) is 12.2. The Morgan fingerprint density at radius 1 is 1.19 bits per heavy atom. The van der Waals surface area contributed by atoms with Crippen LogP contribution in [0.1, 0.15) is 10.6 Å². The lowest BCUT2D eigenvalue weighted by molar-refractivity contribution is 0.0998. The number of anilines is 2. The molecule has 2 aromatic carbocycles. The first-order valence-electron chi connectivity index (χ1n) is 6.08. The van der Waals surface area contributed by atoms with E-state index < -0.39 is 0 Å². The zero-order valence-corrected chi connectivity index (χ0v) is 13.0. The molecule has 0 radical (unpaired) electrons. The molecular weight excluding hydrogens is 356 g/mol. The Balaban J connectivity index is 1.89. The first-order chi connectivity index (χ1) is 10.0. The van der Waals surface area contributed by atoms with Crippen LogP contribution < -0.4 is 11.1 Å². The molecule has 0 spiro atoms.